The molecule has 0 aliphatic carbocycles. The van der Waals surface area contributed by atoms with Crippen LogP contribution >= 0.6 is 0 Å². The largest absolute Gasteiger partial charge is 0.379 e. The second kappa shape index (κ2) is 6.10. The highest BCUT2D eigenvalue weighted by molar-refractivity contribution is 5.79. The highest BCUT2D eigenvalue weighted by Gasteiger charge is 2.26. The van der Waals surface area contributed by atoms with Crippen molar-refractivity contribution in [3.63, 3.8) is 0 Å². The molecule has 21 heavy (non-hydrogen) atoms. The van der Waals surface area contributed by atoms with Crippen LogP contribution in [0.25, 0.3) is 10.9 Å². The van der Waals surface area contributed by atoms with Crippen LogP contribution < -0.4 is 5.73 Å². The number of pyridine rings is 1. The number of hydrogen-bond acceptors (Lipinski definition) is 4. The highest BCUT2D eigenvalue weighted by Crippen LogP contribution is 2.26. The summed E-state index contributed by atoms with van der Waals surface area (Å²) in [7, 11) is 0. The molecule has 1 aliphatic heterocycles. The van der Waals surface area contributed by atoms with Crippen molar-refractivity contribution in [2.75, 3.05) is 26.3 Å². The smallest absolute Gasteiger partial charge is 0.0705 e. The van der Waals surface area contributed by atoms with Crippen LogP contribution in [0.5, 0.6) is 0 Å². The van der Waals surface area contributed by atoms with Crippen LogP contribution in [-0.2, 0) is 4.74 Å². The molecule has 0 amide bonds. The van der Waals surface area contributed by atoms with Crippen molar-refractivity contribution in [2.45, 2.75) is 25.9 Å². The first kappa shape index (κ1) is 14.4. The minimum absolute atomic E-state index is 0.245. The molecular weight excluding hydrogens is 262 g/mol. The van der Waals surface area contributed by atoms with E-state index in [1.54, 1.807) is 0 Å². The van der Waals surface area contributed by atoms with Gasteiger partial charge in [0.25, 0.3) is 0 Å². The molecule has 1 aliphatic rings. The van der Waals surface area contributed by atoms with Gasteiger partial charge in [0.2, 0.25) is 0 Å². The number of benzene rings is 1. The summed E-state index contributed by atoms with van der Waals surface area (Å²) in [6, 6.07) is 11.3. The van der Waals surface area contributed by atoms with E-state index in [1.807, 2.05) is 6.92 Å². The van der Waals surface area contributed by atoms with Crippen LogP contribution in [0.2, 0.25) is 0 Å². The Morgan fingerprint density at radius 2 is 2.24 bits per heavy atom. The van der Waals surface area contributed by atoms with Crippen LogP contribution in [0.4, 0.5) is 0 Å². The molecule has 1 saturated heterocycles. The summed E-state index contributed by atoms with van der Waals surface area (Å²) in [6.45, 7) is 7.35. The topological polar surface area (TPSA) is 51.4 Å². The summed E-state index contributed by atoms with van der Waals surface area (Å²) in [5, 5.41) is 1.18. The van der Waals surface area contributed by atoms with Gasteiger partial charge in [-0.05, 0) is 37.6 Å². The number of ether oxygens (including phenoxy) is 1. The summed E-state index contributed by atoms with van der Waals surface area (Å²) in [4.78, 5) is 7.02. The lowest BCUT2D eigenvalue weighted by molar-refractivity contribution is -0.0209. The summed E-state index contributed by atoms with van der Waals surface area (Å²) < 4.78 is 5.53. The number of nitrogens with two attached hydrogens (primary N) is 1. The highest BCUT2D eigenvalue weighted by atomic mass is 16.5. The van der Waals surface area contributed by atoms with Crippen molar-refractivity contribution in [1.29, 1.82) is 0 Å². The van der Waals surface area contributed by atoms with Gasteiger partial charge < -0.3 is 10.5 Å². The number of morpholine rings is 1. The number of fused-ring (bicyclic) bond motifs is 1. The van der Waals surface area contributed by atoms with Gasteiger partial charge in [-0.3, -0.25) is 9.88 Å². The van der Waals surface area contributed by atoms with Crippen molar-refractivity contribution < 1.29 is 4.74 Å². The third-order valence-corrected chi connectivity index (χ3v) is 4.28. The van der Waals surface area contributed by atoms with E-state index in [0.29, 0.717) is 12.6 Å². The van der Waals surface area contributed by atoms with Gasteiger partial charge in [-0.1, -0.05) is 12.1 Å². The van der Waals surface area contributed by atoms with E-state index in [2.05, 4.69) is 47.1 Å². The Bertz CT molecular complexity index is 628. The van der Waals surface area contributed by atoms with E-state index in [1.165, 1.54) is 10.9 Å². The maximum absolute atomic E-state index is 6.07. The van der Waals surface area contributed by atoms with Gasteiger partial charge in [-0.2, -0.15) is 0 Å². The molecule has 2 N–H and O–H groups in total. The van der Waals surface area contributed by atoms with E-state index in [0.717, 1.165) is 31.0 Å². The molecule has 2 unspecified atom stereocenters. The molecule has 0 saturated carbocycles. The zero-order valence-electron chi connectivity index (χ0n) is 12.7. The predicted octanol–water partition coefficient (Wildman–Crippen LogP) is 2.26. The van der Waals surface area contributed by atoms with Gasteiger partial charge in [0.05, 0.1) is 18.7 Å². The fourth-order valence-electron chi connectivity index (χ4n) is 3.12. The molecule has 2 heterocycles. The summed E-state index contributed by atoms with van der Waals surface area (Å²) >= 11 is 0. The van der Waals surface area contributed by atoms with Crippen LogP contribution in [0, 0.1) is 6.92 Å². The van der Waals surface area contributed by atoms with Gasteiger partial charge in [0, 0.05) is 36.3 Å². The molecule has 1 aromatic carbocycles. The third-order valence-electron chi connectivity index (χ3n) is 4.28. The van der Waals surface area contributed by atoms with Gasteiger partial charge in [0.1, 0.15) is 0 Å². The normalized spacial score (nSPS) is 21.6. The number of aryl methyl sites for hydroxylation is 1. The Morgan fingerprint density at radius 3 is 3.00 bits per heavy atom. The molecule has 0 bridgehead atoms. The molecule has 0 radical (unpaired) electrons. The first-order valence-electron chi connectivity index (χ1n) is 7.60. The van der Waals surface area contributed by atoms with Crippen molar-refractivity contribution in [1.82, 2.24) is 9.88 Å². The minimum Gasteiger partial charge on any atom is -0.379 e. The van der Waals surface area contributed by atoms with Gasteiger partial charge >= 0.3 is 0 Å². The van der Waals surface area contributed by atoms with E-state index < -0.39 is 0 Å². The van der Waals surface area contributed by atoms with Gasteiger partial charge in [-0.25, -0.2) is 0 Å². The quantitative estimate of drug-likeness (QED) is 0.940. The maximum atomic E-state index is 6.07. The summed E-state index contributed by atoms with van der Waals surface area (Å²) in [5.74, 6) is 0. The fourth-order valence-corrected chi connectivity index (χ4v) is 3.12. The number of nitrogens with zero attached hydrogens (tertiary/aromatic N) is 2. The second-order valence-corrected chi connectivity index (χ2v) is 5.82. The monoisotopic (exact) mass is 285 g/mol. The van der Waals surface area contributed by atoms with Crippen LogP contribution in [0.3, 0.4) is 0 Å². The lowest BCUT2D eigenvalue weighted by Gasteiger charge is -2.39. The predicted molar refractivity (Wildman–Crippen MR) is 85.3 cm³/mol. The molecule has 112 valence electrons. The average Bonchev–Trinajstić information content (AvgIpc) is 2.50. The number of aromatic nitrogens is 1. The Hall–Kier alpha value is -1.49. The molecular formula is C17H23N3O. The first-order valence-corrected chi connectivity index (χ1v) is 7.60. The number of rotatable bonds is 3. The molecule has 3 rings (SSSR count). The third kappa shape index (κ3) is 2.93. The Morgan fingerprint density at radius 1 is 1.38 bits per heavy atom. The van der Waals surface area contributed by atoms with Crippen molar-refractivity contribution >= 4 is 10.9 Å². The van der Waals surface area contributed by atoms with E-state index in [9.17, 15) is 0 Å². The zero-order chi connectivity index (χ0) is 14.8. The lowest BCUT2D eigenvalue weighted by atomic mass is 10.0. The Kier molecular flexibility index (Phi) is 4.19. The molecule has 4 heteroatoms. The van der Waals surface area contributed by atoms with Crippen LogP contribution in [-0.4, -0.2) is 42.2 Å². The standard InChI is InChI=1S/C17H23N3O/c1-12-3-4-14-9-15(5-6-16(14)19-12)17(10-18)20-7-8-21-11-13(20)2/h3-6,9,13,17H,7-8,10-11,18H2,1-2H3. The molecule has 4 nitrogen and oxygen atoms in total. The summed E-state index contributed by atoms with van der Waals surface area (Å²) in [6.07, 6.45) is 0. The van der Waals surface area contributed by atoms with Gasteiger partial charge in [0.15, 0.2) is 0 Å². The zero-order valence-corrected chi connectivity index (χ0v) is 12.7. The van der Waals surface area contributed by atoms with Crippen molar-refractivity contribution in [3.05, 3.63) is 41.6 Å². The fraction of sp³-hybridized carbons (Fsp3) is 0.471. The molecule has 0 spiro atoms. The Balaban J connectivity index is 1.94. The van der Waals surface area contributed by atoms with E-state index >= 15 is 0 Å². The molecule has 2 aromatic rings. The van der Waals surface area contributed by atoms with E-state index in [-0.39, 0.29) is 6.04 Å². The minimum atomic E-state index is 0.245. The molecule has 2 atom stereocenters. The van der Waals surface area contributed by atoms with Crippen LogP contribution in [0.15, 0.2) is 30.3 Å². The second-order valence-electron chi connectivity index (χ2n) is 5.82. The lowest BCUT2D eigenvalue weighted by Crippen LogP contribution is -2.47. The maximum Gasteiger partial charge on any atom is 0.0705 e. The van der Waals surface area contributed by atoms with Crippen molar-refractivity contribution in [2.24, 2.45) is 5.73 Å². The van der Waals surface area contributed by atoms with Crippen molar-refractivity contribution in [3.8, 4) is 0 Å². The number of hydrogen-bond donors (Lipinski definition) is 1. The van der Waals surface area contributed by atoms with Gasteiger partial charge in [-0.15, -0.1) is 0 Å². The van der Waals surface area contributed by atoms with Crippen LogP contribution in [0.1, 0.15) is 24.2 Å². The summed E-state index contributed by atoms with van der Waals surface area (Å²) in [5.41, 5.74) is 9.43. The molecule has 1 fully saturated rings. The molecule has 1 aromatic heterocycles. The SMILES string of the molecule is Cc1ccc2cc(C(CN)N3CCOCC3C)ccc2n1. The first-order chi connectivity index (χ1) is 10.2. The van der Waals surface area contributed by atoms with E-state index in [4.69, 9.17) is 10.5 Å². The average molecular weight is 285 g/mol. The Labute approximate surface area is 125 Å².